The monoisotopic (exact) mass is 366 g/mol. The van der Waals surface area contributed by atoms with Gasteiger partial charge in [-0.3, -0.25) is 9.59 Å². The van der Waals surface area contributed by atoms with Gasteiger partial charge in [0.1, 0.15) is 0 Å². The first-order valence-electron chi connectivity index (χ1n) is 9.08. The number of likely N-dealkylation sites (tertiary alicyclic amines) is 1. The molecule has 0 atom stereocenters. The molecule has 27 heavy (non-hydrogen) atoms. The van der Waals surface area contributed by atoms with Crippen LogP contribution in [0, 0.1) is 0 Å². The largest absolute Gasteiger partial charge is 0.478 e. The summed E-state index contributed by atoms with van der Waals surface area (Å²) in [6.07, 6.45) is 4.40. The highest BCUT2D eigenvalue weighted by atomic mass is 16.4. The molecule has 2 aromatic carbocycles. The zero-order chi connectivity index (χ0) is 19.2. The van der Waals surface area contributed by atoms with Crippen molar-refractivity contribution in [3.8, 4) is 0 Å². The minimum atomic E-state index is -1.08. The molecular weight excluding hydrogens is 344 g/mol. The van der Waals surface area contributed by atoms with Crippen molar-refractivity contribution < 1.29 is 19.5 Å². The number of benzene rings is 2. The van der Waals surface area contributed by atoms with Gasteiger partial charge in [-0.1, -0.05) is 18.9 Å². The van der Waals surface area contributed by atoms with E-state index in [-0.39, 0.29) is 17.0 Å². The highest BCUT2D eigenvalue weighted by Crippen LogP contribution is 2.16. The number of hydrogen-bond donors (Lipinski definition) is 2. The Bertz CT molecular complexity index is 838. The maximum atomic E-state index is 12.6. The number of nitrogens with zero attached hydrogens (tertiary/aromatic N) is 1. The fourth-order valence-electron chi connectivity index (χ4n) is 3.15. The first kappa shape index (κ1) is 18.6. The number of aromatic carboxylic acids is 1. The molecule has 0 bridgehead atoms. The first-order valence-corrected chi connectivity index (χ1v) is 9.08. The summed E-state index contributed by atoms with van der Waals surface area (Å²) in [5, 5.41) is 11.7. The van der Waals surface area contributed by atoms with E-state index in [9.17, 15) is 14.4 Å². The van der Waals surface area contributed by atoms with Gasteiger partial charge in [-0.2, -0.15) is 0 Å². The van der Waals surface area contributed by atoms with Crippen LogP contribution in [0.5, 0.6) is 0 Å². The van der Waals surface area contributed by atoms with Gasteiger partial charge in [0, 0.05) is 29.9 Å². The van der Waals surface area contributed by atoms with Gasteiger partial charge in [-0.25, -0.2) is 4.79 Å². The number of carboxylic acid groups (broad SMARTS) is 1. The number of carbonyl (C=O) groups is 3. The highest BCUT2D eigenvalue weighted by molar-refractivity contribution is 6.05. The molecule has 1 saturated heterocycles. The van der Waals surface area contributed by atoms with Crippen LogP contribution >= 0.6 is 0 Å². The van der Waals surface area contributed by atoms with E-state index < -0.39 is 11.9 Å². The smallest absolute Gasteiger partial charge is 0.335 e. The van der Waals surface area contributed by atoms with Crippen molar-refractivity contribution in [1.82, 2.24) is 4.90 Å². The van der Waals surface area contributed by atoms with Gasteiger partial charge in [0.05, 0.1) is 5.56 Å². The number of nitrogens with one attached hydrogen (secondary N) is 1. The normalized spacial score (nSPS) is 14.3. The third kappa shape index (κ3) is 4.73. The minimum absolute atomic E-state index is 0.0175. The SMILES string of the molecule is O=C(O)c1cccc(C(=O)Nc2ccc(C(=O)N3CCCCCC3)cc2)c1. The second-order valence-corrected chi connectivity index (χ2v) is 6.62. The van der Waals surface area contributed by atoms with Gasteiger partial charge >= 0.3 is 5.97 Å². The molecule has 2 N–H and O–H groups in total. The quantitative estimate of drug-likeness (QED) is 0.865. The van der Waals surface area contributed by atoms with E-state index >= 15 is 0 Å². The molecule has 6 heteroatoms. The maximum absolute atomic E-state index is 12.6. The van der Waals surface area contributed by atoms with Crippen LogP contribution in [0.3, 0.4) is 0 Å². The molecule has 0 saturated carbocycles. The molecule has 1 fully saturated rings. The van der Waals surface area contributed by atoms with Gasteiger partial charge in [0.25, 0.3) is 11.8 Å². The van der Waals surface area contributed by atoms with Crippen LogP contribution in [0.25, 0.3) is 0 Å². The van der Waals surface area contributed by atoms with Crippen molar-refractivity contribution >= 4 is 23.5 Å². The fraction of sp³-hybridized carbons (Fsp3) is 0.286. The van der Waals surface area contributed by atoms with Gasteiger partial charge in [0.15, 0.2) is 0 Å². The van der Waals surface area contributed by atoms with E-state index in [4.69, 9.17) is 5.11 Å². The molecule has 0 aromatic heterocycles. The molecule has 140 valence electrons. The summed E-state index contributed by atoms with van der Waals surface area (Å²) in [6, 6.07) is 12.6. The summed E-state index contributed by atoms with van der Waals surface area (Å²) >= 11 is 0. The molecule has 2 amide bonds. The molecule has 0 unspecified atom stereocenters. The van der Waals surface area contributed by atoms with Gasteiger partial charge in [0.2, 0.25) is 0 Å². The van der Waals surface area contributed by atoms with Crippen molar-refractivity contribution in [1.29, 1.82) is 0 Å². The average molecular weight is 366 g/mol. The number of hydrogen-bond acceptors (Lipinski definition) is 3. The predicted octanol–water partition coefficient (Wildman–Crippen LogP) is 3.65. The van der Waals surface area contributed by atoms with Crippen molar-refractivity contribution in [2.45, 2.75) is 25.7 Å². The van der Waals surface area contributed by atoms with Crippen molar-refractivity contribution in [3.63, 3.8) is 0 Å². The van der Waals surface area contributed by atoms with Crippen LogP contribution in [0.4, 0.5) is 5.69 Å². The average Bonchev–Trinajstić information content (AvgIpc) is 2.97. The molecule has 0 radical (unpaired) electrons. The lowest BCUT2D eigenvalue weighted by atomic mass is 10.1. The summed E-state index contributed by atoms with van der Waals surface area (Å²) in [6.45, 7) is 1.58. The van der Waals surface area contributed by atoms with E-state index in [1.165, 1.54) is 18.2 Å². The highest BCUT2D eigenvalue weighted by Gasteiger charge is 2.17. The first-order chi connectivity index (χ1) is 13.0. The molecule has 6 nitrogen and oxygen atoms in total. The fourth-order valence-corrected chi connectivity index (χ4v) is 3.15. The zero-order valence-electron chi connectivity index (χ0n) is 15.0. The van der Waals surface area contributed by atoms with Crippen LogP contribution in [-0.2, 0) is 0 Å². The Morgan fingerprint density at radius 1 is 0.815 bits per heavy atom. The Kier molecular flexibility index (Phi) is 5.86. The van der Waals surface area contributed by atoms with E-state index in [2.05, 4.69) is 5.32 Å². The van der Waals surface area contributed by atoms with Crippen molar-refractivity contribution in [3.05, 3.63) is 65.2 Å². The van der Waals surface area contributed by atoms with Gasteiger partial charge < -0.3 is 15.3 Å². The van der Waals surface area contributed by atoms with E-state index in [1.807, 2.05) is 4.90 Å². The lowest BCUT2D eigenvalue weighted by Crippen LogP contribution is -2.31. The second-order valence-electron chi connectivity index (χ2n) is 6.62. The predicted molar refractivity (Wildman–Crippen MR) is 102 cm³/mol. The molecule has 3 rings (SSSR count). The Morgan fingerprint density at radius 2 is 1.44 bits per heavy atom. The Balaban J connectivity index is 1.66. The van der Waals surface area contributed by atoms with Crippen molar-refractivity contribution in [2.24, 2.45) is 0 Å². The van der Waals surface area contributed by atoms with Crippen LogP contribution < -0.4 is 5.32 Å². The summed E-state index contributed by atoms with van der Waals surface area (Å²) in [5.74, 6) is -1.46. The van der Waals surface area contributed by atoms with Crippen LogP contribution in [0.2, 0.25) is 0 Å². The third-order valence-corrected chi connectivity index (χ3v) is 4.65. The molecule has 1 heterocycles. The van der Waals surface area contributed by atoms with Crippen LogP contribution in [-0.4, -0.2) is 40.9 Å². The number of amides is 2. The number of rotatable bonds is 4. The molecule has 0 aliphatic carbocycles. The zero-order valence-corrected chi connectivity index (χ0v) is 15.0. The molecule has 1 aliphatic heterocycles. The summed E-state index contributed by atoms with van der Waals surface area (Å²) in [7, 11) is 0. The number of carboxylic acids is 1. The maximum Gasteiger partial charge on any atom is 0.335 e. The Hall–Kier alpha value is -3.15. The van der Waals surface area contributed by atoms with Crippen LogP contribution in [0.15, 0.2) is 48.5 Å². The molecular formula is C21H22N2O4. The van der Waals surface area contributed by atoms with E-state index in [0.717, 1.165) is 38.8 Å². The lowest BCUT2D eigenvalue weighted by Gasteiger charge is -2.20. The summed E-state index contributed by atoms with van der Waals surface area (Å²) < 4.78 is 0. The Labute approximate surface area is 157 Å². The summed E-state index contributed by atoms with van der Waals surface area (Å²) in [5.41, 5.74) is 1.47. The van der Waals surface area contributed by atoms with E-state index in [1.54, 1.807) is 30.3 Å². The molecule has 1 aliphatic rings. The van der Waals surface area contributed by atoms with Crippen LogP contribution in [0.1, 0.15) is 56.8 Å². The molecule has 0 spiro atoms. The van der Waals surface area contributed by atoms with Crippen molar-refractivity contribution in [2.75, 3.05) is 18.4 Å². The number of anilines is 1. The van der Waals surface area contributed by atoms with E-state index in [0.29, 0.717) is 11.3 Å². The lowest BCUT2D eigenvalue weighted by molar-refractivity contribution is 0.0695. The minimum Gasteiger partial charge on any atom is -0.478 e. The second kappa shape index (κ2) is 8.49. The Morgan fingerprint density at radius 3 is 2.07 bits per heavy atom. The van der Waals surface area contributed by atoms with Gasteiger partial charge in [-0.15, -0.1) is 0 Å². The third-order valence-electron chi connectivity index (χ3n) is 4.65. The molecule has 2 aromatic rings. The standard InChI is InChI=1S/C21H22N2O4/c24-19(16-6-5-7-17(14-16)21(26)27)22-18-10-8-15(9-11-18)20(25)23-12-3-1-2-4-13-23/h5-11,14H,1-4,12-13H2,(H,22,24)(H,26,27). The van der Waals surface area contributed by atoms with Gasteiger partial charge in [-0.05, 0) is 55.3 Å². The number of carbonyl (C=O) groups excluding carboxylic acids is 2. The summed E-state index contributed by atoms with van der Waals surface area (Å²) in [4.78, 5) is 37.8. The topological polar surface area (TPSA) is 86.7 Å².